The number of rotatable bonds is 3. The maximum absolute atomic E-state index is 8.70. The lowest BCUT2D eigenvalue weighted by atomic mass is 10.5. The standard InChI is InChI=1S/C9H10N2OS/c12-6-7-13-9-3-1-2-8-10-4-5-11(8)9/h1-5,12H,6-7H2. The fourth-order valence-corrected chi connectivity index (χ4v) is 1.96. The van der Waals surface area contributed by atoms with Gasteiger partial charge in [0.25, 0.3) is 0 Å². The van der Waals surface area contributed by atoms with Crippen LogP contribution in [-0.4, -0.2) is 26.9 Å². The van der Waals surface area contributed by atoms with E-state index in [0.29, 0.717) is 0 Å². The molecule has 0 aliphatic rings. The first-order valence-corrected chi connectivity index (χ1v) is 5.06. The summed E-state index contributed by atoms with van der Waals surface area (Å²) in [6.45, 7) is 0.204. The number of hydrogen-bond acceptors (Lipinski definition) is 3. The second-order valence-corrected chi connectivity index (χ2v) is 3.71. The largest absolute Gasteiger partial charge is 0.396 e. The minimum Gasteiger partial charge on any atom is -0.396 e. The molecule has 1 N–H and O–H groups in total. The Labute approximate surface area is 80.4 Å². The Bertz CT molecular complexity index is 399. The molecule has 0 amide bonds. The second kappa shape index (κ2) is 3.81. The lowest BCUT2D eigenvalue weighted by Crippen LogP contribution is -1.91. The van der Waals surface area contributed by atoms with E-state index in [1.807, 2.05) is 28.8 Å². The zero-order valence-electron chi connectivity index (χ0n) is 7.05. The molecule has 0 saturated carbocycles. The summed E-state index contributed by atoms with van der Waals surface area (Å²) >= 11 is 1.63. The molecule has 0 aliphatic heterocycles. The Morgan fingerprint density at radius 2 is 2.38 bits per heavy atom. The van der Waals surface area contributed by atoms with Crippen LogP contribution in [0.25, 0.3) is 5.65 Å². The van der Waals surface area contributed by atoms with Gasteiger partial charge in [-0.2, -0.15) is 0 Å². The quantitative estimate of drug-likeness (QED) is 0.751. The van der Waals surface area contributed by atoms with Gasteiger partial charge in [0, 0.05) is 18.1 Å². The van der Waals surface area contributed by atoms with E-state index in [4.69, 9.17) is 5.11 Å². The number of aromatic nitrogens is 2. The molecule has 68 valence electrons. The third-order valence-corrected chi connectivity index (χ3v) is 2.75. The van der Waals surface area contributed by atoms with Crippen molar-refractivity contribution >= 4 is 17.4 Å². The molecule has 0 radical (unpaired) electrons. The molecule has 3 nitrogen and oxygen atoms in total. The smallest absolute Gasteiger partial charge is 0.137 e. The molecule has 2 rings (SSSR count). The van der Waals surface area contributed by atoms with E-state index in [1.165, 1.54) is 0 Å². The van der Waals surface area contributed by atoms with Gasteiger partial charge in [0.15, 0.2) is 0 Å². The van der Waals surface area contributed by atoms with Crippen molar-refractivity contribution in [3.05, 3.63) is 30.6 Å². The highest BCUT2D eigenvalue weighted by Gasteiger charge is 1.99. The van der Waals surface area contributed by atoms with Crippen LogP contribution in [0.4, 0.5) is 0 Å². The molecule has 0 saturated heterocycles. The summed E-state index contributed by atoms with van der Waals surface area (Å²) < 4.78 is 2.01. The zero-order valence-corrected chi connectivity index (χ0v) is 7.87. The molecule has 0 bridgehead atoms. The number of aliphatic hydroxyl groups is 1. The fourth-order valence-electron chi connectivity index (χ4n) is 1.19. The first-order valence-electron chi connectivity index (χ1n) is 4.07. The SMILES string of the molecule is OCCSc1cccc2nccn12. The topological polar surface area (TPSA) is 37.5 Å². The number of thioether (sulfide) groups is 1. The molecule has 0 atom stereocenters. The van der Waals surface area contributed by atoms with Gasteiger partial charge < -0.3 is 5.11 Å². The molecule has 4 heteroatoms. The minimum absolute atomic E-state index is 0.204. The van der Waals surface area contributed by atoms with E-state index >= 15 is 0 Å². The Morgan fingerprint density at radius 3 is 3.23 bits per heavy atom. The molecule has 0 fully saturated rings. The third-order valence-electron chi connectivity index (χ3n) is 1.73. The van der Waals surface area contributed by atoms with Crippen LogP contribution >= 0.6 is 11.8 Å². The number of hydrogen-bond donors (Lipinski definition) is 1. The van der Waals surface area contributed by atoms with Crippen LogP contribution in [0, 0.1) is 0 Å². The summed E-state index contributed by atoms with van der Waals surface area (Å²) in [6, 6.07) is 5.96. The number of imidazole rings is 1. The average Bonchev–Trinajstić information content (AvgIpc) is 2.62. The van der Waals surface area contributed by atoms with Crippen LogP contribution in [0.3, 0.4) is 0 Å². The van der Waals surface area contributed by atoms with E-state index in [9.17, 15) is 0 Å². The first-order chi connectivity index (χ1) is 6.42. The molecular formula is C9H10N2OS. The van der Waals surface area contributed by atoms with Crippen molar-refractivity contribution in [2.75, 3.05) is 12.4 Å². The van der Waals surface area contributed by atoms with Gasteiger partial charge >= 0.3 is 0 Å². The summed E-state index contributed by atoms with van der Waals surface area (Å²) in [6.07, 6.45) is 3.70. The number of pyridine rings is 1. The van der Waals surface area contributed by atoms with E-state index < -0.39 is 0 Å². The Balaban J connectivity index is 2.37. The van der Waals surface area contributed by atoms with Gasteiger partial charge in [-0.15, -0.1) is 11.8 Å². The number of fused-ring (bicyclic) bond motifs is 1. The Kier molecular flexibility index (Phi) is 2.52. The van der Waals surface area contributed by atoms with Crippen LogP contribution in [-0.2, 0) is 0 Å². The highest BCUT2D eigenvalue weighted by atomic mass is 32.2. The Hall–Kier alpha value is -1.00. The third kappa shape index (κ3) is 1.68. The average molecular weight is 194 g/mol. The van der Waals surface area contributed by atoms with Gasteiger partial charge in [-0.05, 0) is 12.1 Å². The van der Waals surface area contributed by atoms with E-state index in [1.54, 1.807) is 18.0 Å². The zero-order chi connectivity index (χ0) is 9.10. The van der Waals surface area contributed by atoms with Crippen LogP contribution in [0.1, 0.15) is 0 Å². The molecule has 0 aliphatic carbocycles. The summed E-state index contributed by atoms with van der Waals surface area (Å²) in [5.41, 5.74) is 0.947. The predicted octanol–water partition coefficient (Wildman–Crippen LogP) is 1.42. The van der Waals surface area contributed by atoms with Gasteiger partial charge in [0.1, 0.15) is 5.65 Å². The van der Waals surface area contributed by atoms with Crippen LogP contribution in [0.5, 0.6) is 0 Å². The fraction of sp³-hybridized carbons (Fsp3) is 0.222. The van der Waals surface area contributed by atoms with Crippen molar-refractivity contribution in [3.8, 4) is 0 Å². The van der Waals surface area contributed by atoms with E-state index in [0.717, 1.165) is 16.4 Å². The lowest BCUT2D eigenvalue weighted by molar-refractivity contribution is 0.322. The van der Waals surface area contributed by atoms with Crippen molar-refractivity contribution < 1.29 is 5.11 Å². The second-order valence-electron chi connectivity index (χ2n) is 2.59. The summed E-state index contributed by atoms with van der Waals surface area (Å²) in [5, 5.41) is 9.82. The number of aliphatic hydroxyl groups excluding tert-OH is 1. The molecular weight excluding hydrogens is 184 g/mol. The summed E-state index contributed by atoms with van der Waals surface area (Å²) in [7, 11) is 0. The van der Waals surface area contributed by atoms with E-state index in [-0.39, 0.29) is 6.61 Å². The van der Waals surface area contributed by atoms with Crippen molar-refractivity contribution in [1.29, 1.82) is 0 Å². The van der Waals surface area contributed by atoms with Crippen molar-refractivity contribution in [3.63, 3.8) is 0 Å². The van der Waals surface area contributed by atoms with E-state index in [2.05, 4.69) is 4.98 Å². The van der Waals surface area contributed by atoms with Gasteiger partial charge in [-0.3, -0.25) is 4.40 Å². The molecule has 13 heavy (non-hydrogen) atoms. The Morgan fingerprint density at radius 1 is 1.46 bits per heavy atom. The maximum Gasteiger partial charge on any atom is 0.137 e. The van der Waals surface area contributed by atoms with Crippen molar-refractivity contribution in [2.24, 2.45) is 0 Å². The lowest BCUT2D eigenvalue weighted by Gasteiger charge is -2.02. The molecule has 2 heterocycles. The first kappa shape index (κ1) is 8.59. The van der Waals surface area contributed by atoms with Crippen LogP contribution < -0.4 is 0 Å². The van der Waals surface area contributed by atoms with Gasteiger partial charge in [-0.1, -0.05) is 6.07 Å². The normalized spacial score (nSPS) is 10.8. The molecule has 2 aromatic rings. The molecule has 2 aromatic heterocycles. The summed E-state index contributed by atoms with van der Waals surface area (Å²) in [4.78, 5) is 4.17. The molecule has 0 spiro atoms. The van der Waals surface area contributed by atoms with Gasteiger partial charge in [0.05, 0.1) is 11.6 Å². The number of nitrogens with zero attached hydrogens (tertiary/aromatic N) is 2. The maximum atomic E-state index is 8.70. The van der Waals surface area contributed by atoms with Crippen LogP contribution in [0.2, 0.25) is 0 Å². The summed E-state index contributed by atoms with van der Waals surface area (Å²) in [5.74, 6) is 0.720. The van der Waals surface area contributed by atoms with Crippen molar-refractivity contribution in [2.45, 2.75) is 5.03 Å². The van der Waals surface area contributed by atoms with Gasteiger partial charge in [0.2, 0.25) is 0 Å². The highest BCUT2D eigenvalue weighted by molar-refractivity contribution is 7.99. The highest BCUT2D eigenvalue weighted by Crippen LogP contribution is 2.18. The van der Waals surface area contributed by atoms with Crippen molar-refractivity contribution in [1.82, 2.24) is 9.38 Å². The molecule has 0 unspecified atom stereocenters. The predicted molar refractivity (Wildman–Crippen MR) is 53.0 cm³/mol. The molecule has 0 aromatic carbocycles. The minimum atomic E-state index is 0.204. The van der Waals surface area contributed by atoms with Gasteiger partial charge in [-0.25, -0.2) is 4.98 Å². The van der Waals surface area contributed by atoms with Crippen LogP contribution in [0.15, 0.2) is 35.6 Å². The monoisotopic (exact) mass is 194 g/mol.